The molecule has 2 fully saturated rings. The van der Waals surface area contributed by atoms with Crippen LogP contribution in [0.1, 0.15) is 51.9 Å². The van der Waals surface area contributed by atoms with Crippen molar-refractivity contribution in [2.45, 2.75) is 64.0 Å². The van der Waals surface area contributed by atoms with Crippen molar-refractivity contribution in [1.82, 2.24) is 10.2 Å². The Balaban J connectivity index is 1.83. The number of likely N-dealkylation sites (tertiary alicyclic amines) is 1. The van der Waals surface area contributed by atoms with E-state index in [-0.39, 0.29) is 18.7 Å². The van der Waals surface area contributed by atoms with E-state index in [1.165, 1.54) is 19.3 Å². The number of aliphatic hydroxyl groups is 1. The average molecular weight is 254 g/mol. The number of urea groups is 1. The van der Waals surface area contributed by atoms with E-state index >= 15 is 0 Å². The van der Waals surface area contributed by atoms with Crippen LogP contribution >= 0.6 is 0 Å². The molecule has 2 N–H and O–H groups in total. The molecule has 1 aliphatic carbocycles. The molecular weight excluding hydrogens is 228 g/mol. The fraction of sp³-hybridized carbons (Fsp3) is 0.929. The summed E-state index contributed by atoms with van der Waals surface area (Å²) >= 11 is 0. The van der Waals surface area contributed by atoms with E-state index in [2.05, 4.69) is 12.2 Å². The second-order valence-electron chi connectivity index (χ2n) is 5.93. The first-order valence-electron chi connectivity index (χ1n) is 7.38. The second-order valence-corrected chi connectivity index (χ2v) is 5.93. The summed E-state index contributed by atoms with van der Waals surface area (Å²) in [7, 11) is 0. The monoisotopic (exact) mass is 254 g/mol. The first-order valence-corrected chi connectivity index (χ1v) is 7.38. The van der Waals surface area contributed by atoms with Gasteiger partial charge in [0.2, 0.25) is 0 Å². The maximum absolute atomic E-state index is 12.2. The van der Waals surface area contributed by atoms with Gasteiger partial charge in [-0.3, -0.25) is 0 Å². The summed E-state index contributed by atoms with van der Waals surface area (Å²) in [5.74, 6) is 0.795. The van der Waals surface area contributed by atoms with E-state index in [9.17, 15) is 9.90 Å². The number of amides is 2. The van der Waals surface area contributed by atoms with E-state index in [1.54, 1.807) is 0 Å². The molecule has 4 nitrogen and oxygen atoms in total. The zero-order valence-electron chi connectivity index (χ0n) is 11.4. The summed E-state index contributed by atoms with van der Waals surface area (Å²) in [6.45, 7) is 3.18. The molecule has 1 saturated heterocycles. The van der Waals surface area contributed by atoms with Crippen molar-refractivity contribution in [3.05, 3.63) is 0 Å². The van der Waals surface area contributed by atoms with Gasteiger partial charge >= 0.3 is 6.03 Å². The number of nitrogens with zero attached hydrogens (tertiary/aromatic N) is 1. The molecule has 0 spiro atoms. The smallest absolute Gasteiger partial charge is 0.317 e. The lowest BCUT2D eigenvalue weighted by atomic mass is 10.0. The topological polar surface area (TPSA) is 52.6 Å². The number of carbonyl (C=O) groups is 1. The van der Waals surface area contributed by atoms with Gasteiger partial charge in [0.15, 0.2) is 0 Å². The predicted molar refractivity (Wildman–Crippen MR) is 71.4 cm³/mol. The van der Waals surface area contributed by atoms with E-state index in [1.807, 2.05) is 4.90 Å². The van der Waals surface area contributed by atoms with E-state index < -0.39 is 0 Å². The zero-order valence-corrected chi connectivity index (χ0v) is 11.4. The molecule has 1 aliphatic heterocycles. The third kappa shape index (κ3) is 3.37. The predicted octanol–water partition coefficient (Wildman–Crippen LogP) is 2.12. The molecule has 1 heterocycles. The van der Waals surface area contributed by atoms with Crippen LogP contribution in [-0.4, -0.2) is 41.3 Å². The fourth-order valence-electron chi connectivity index (χ4n) is 3.18. The number of rotatable bonds is 2. The first-order chi connectivity index (χ1) is 8.70. The summed E-state index contributed by atoms with van der Waals surface area (Å²) in [4.78, 5) is 14.0. The Labute approximate surface area is 110 Å². The number of aliphatic hydroxyl groups excluding tert-OH is 1. The van der Waals surface area contributed by atoms with Gasteiger partial charge in [0.05, 0.1) is 12.6 Å². The quantitative estimate of drug-likeness (QED) is 0.742. The molecule has 1 saturated carbocycles. The van der Waals surface area contributed by atoms with Crippen molar-refractivity contribution >= 4 is 6.03 Å². The second kappa shape index (κ2) is 6.41. The Bertz CT molecular complexity index is 283. The SMILES string of the molecule is C[C@H]1CCC[C@H](NC(=O)N2CCC[C@H]2CO)CC1. The van der Waals surface area contributed by atoms with Crippen molar-refractivity contribution in [3.8, 4) is 0 Å². The molecule has 2 amide bonds. The Morgan fingerprint density at radius 1 is 1.22 bits per heavy atom. The maximum atomic E-state index is 12.2. The Hall–Kier alpha value is -0.770. The van der Waals surface area contributed by atoms with E-state index in [0.717, 1.165) is 38.1 Å². The normalized spacial score (nSPS) is 33.2. The number of carbonyl (C=O) groups excluding carboxylic acids is 1. The Morgan fingerprint density at radius 3 is 2.83 bits per heavy atom. The van der Waals surface area contributed by atoms with Crippen LogP contribution in [-0.2, 0) is 0 Å². The van der Waals surface area contributed by atoms with Gasteiger partial charge in [-0.15, -0.1) is 0 Å². The van der Waals surface area contributed by atoms with Gasteiger partial charge < -0.3 is 15.3 Å². The average Bonchev–Trinajstić information content (AvgIpc) is 2.75. The van der Waals surface area contributed by atoms with Crippen LogP contribution in [0.3, 0.4) is 0 Å². The molecule has 2 rings (SSSR count). The minimum Gasteiger partial charge on any atom is -0.394 e. The van der Waals surface area contributed by atoms with Gasteiger partial charge in [-0.2, -0.15) is 0 Å². The number of hydrogen-bond acceptors (Lipinski definition) is 2. The molecule has 0 aromatic carbocycles. The summed E-state index contributed by atoms with van der Waals surface area (Å²) in [6.07, 6.45) is 7.88. The molecule has 0 radical (unpaired) electrons. The van der Waals surface area contributed by atoms with Gasteiger partial charge in [-0.25, -0.2) is 4.79 Å². The van der Waals surface area contributed by atoms with Gasteiger partial charge in [0.1, 0.15) is 0 Å². The zero-order chi connectivity index (χ0) is 13.0. The molecule has 3 atom stereocenters. The molecule has 4 heteroatoms. The summed E-state index contributed by atoms with van der Waals surface area (Å²) < 4.78 is 0. The van der Waals surface area contributed by atoms with Crippen LogP contribution in [0.2, 0.25) is 0 Å². The molecule has 0 aromatic rings. The van der Waals surface area contributed by atoms with Gasteiger partial charge in [-0.1, -0.05) is 19.8 Å². The van der Waals surface area contributed by atoms with E-state index in [4.69, 9.17) is 0 Å². The lowest BCUT2D eigenvalue weighted by Crippen LogP contribution is -2.47. The number of nitrogens with one attached hydrogen (secondary N) is 1. The first kappa shape index (κ1) is 13.7. The lowest BCUT2D eigenvalue weighted by Gasteiger charge is -2.26. The van der Waals surface area contributed by atoms with Crippen molar-refractivity contribution in [3.63, 3.8) is 0 Å². The minimum absolute atomic E-state index is 0.0334. The van der Waals surface area contributed by atoms with Crippen molar-refractivity contribution < 1.29 is 9.90 Å². The highest BCUT2D eigenvalue weighted by atomic mass is 16.3. The molecule has 0 bridgehead atoms. The third-order valence-corrected chi connectivity index (χ3v) is 4.43. The lowest BCUT2D eigenvalue weighted by molar-refractivity contribution is 0.154. The highest BCUT2D eigenvalue weighted by molar-refractivity contribution is 5.75. The van der Waals surface area contributed by atoms with E-state index in [0.29, 0.717) is 6.04 Å². The molecule has 18 heavy (non-hydrogen) atoms. The van der Waals surface area contributed by atoms with Crippen LogP contribution in [0.25, 0.3) is 0 Å². The Kier molecular flexibility index (Phi) is 4.87. The van der Waals surface area contributed by atoms with Gasteiger partial charge in [0, 0.05) is 12.6 Å². The van der Waals surface area contributed by atoms with Crippen molar-refractivity contribution in [1.29, 1.82) is 0 Å². The summed E-state index contributed by atoms with van der Waals surface area (Å²) in [6, 6.07) is 0.406. The van der Waals surface area contributed by atoms with Crippen LogP contribution in [0, 0.1) is 5.92 Å². The standard InChI is InChI=1S/C14H26N2O2/c1-11-4-2-5-12(8-7-11)15-14(18)16-9-3-6-13(16)10-17/h11-13,17H,2-10H2,1H3,(H,15,18)/t11-,12-,13-/m0/s1. The third-order valence-electron chi connectivity index (χ3n) is 4.43. The summed E-state index contributed by atoms with van der Waals surface area (Å²) in [5, 5.41) is 12.4. The largest absolute Gasteiger partial charge is 0.394 e. The number of hydrogen-bond donors (Lipinski definition) is 2. The van der Waals surface area contributed by atoms with Gasteiger partial charge in [-0.05, 0) is 38.0 Å². The van der Waals surface area contributed by atoms with Crippen molar-refractivity contribution in [2.24, 2.45) is 5.92 Å². The molecule has 104 valence electrons. The van der Waals surface area contributed by atoms with Crippen LogP contribution in [0.4, 0.5) is 4.79 Å². The highest BCUT2D eigenvalue weighted by Gasteiger charge is 2.29. The maximum Gasteiger partial charge on any atom is 0.317 e. The minimum atomic E-state index is 0.0334. The molecular formula is C14H26N2O2. The highest BCUT2D eigenvalue weighted by Crippen LogP contribution is 2.23. The molecule has 0 aromatic heterocycles. The molecule has 0 unspecified atom stereocenters. The van der Waals surface area contributed by atoms with Crippen LogP contribution in [0.15, 0.2) is 0 Å². The Morgan fingerprint density at radius 2 is 2.06 bits per heavy atom. The van der Waals surface area contributed by atoms with Crippen molar-refractivity contribution in [2.75, 3.05) is 13.2 Å². The van der Waals surface area contributed by atoms with Crippen LogP contribution < -0.4 is 5.32 Å². The summed E-state index contributed by atoms with van der Waals surface area (Å²) in [5.41, 5.74) is 0. The fourth-order valence-corrected chi connectivity index (χ4v) is 3.18. The van der Waals surface area contributed by atoms with Gasteiger partial charge in [0.25, 0.3) is 0 Å². The van der Waals surface area contributed by atoms with Crippen LogP contribution in [0.5, 0.6) is 0 Å². The molecule has 2 aliphatic rings.